The first-order valence-corrected chi connectivity index (χ1v) is 9.86. The Bertz CT molecular complexity index is 983. The first-order valence-electron chi connectivity index (χ1n) is 7.83. The van der Waals surface area contributed by atoms with Gasteiger partial charge in [0.15, 0.2) is 0 Å². The second kappa shape index (κ2) is 7.54. The average molecular weight is 376 g/mol. The van der Waals surface area contributed by atoms with Gasteiger partial charge in [0.2, 0.25) is 10.0 Å². The summed E-state index contributed by atoms with van der Waals surface area (Å²) in [5.74, 6) is -0.227. The van der Waals surface area contributed by atoms with Gasteiger partial charge in [-0.1, -0.05) is 72.3 Å². The molecule has 0 heterocycles. The Kier molecular flexibility index (Phi) is 5.39. The van der Waals surface area contributed by atoms with Crippen LogP contribution in [0.5, 0.6) is 0 Å². The van der Waals surface area contributed by atoms with Crippen LogP contribution >= 0.6 is 11.6 Å². The van der Waals surface area contributed by atoms with Crippen molar-refractivity contribution in [2.24, 2.45) is 0 Å². The van der Waals surface area contributed by atoms with Gasteiger partial charge in [-0.05, 0) is 28.0 Å². The molecule has 0 aliphatic carbocycles. The van der Waals surface area contributed by atoms with E-state index in [0.717, 1.165) is 10.8 Å². The minimum Gasteiger partial charge on any atom is -0.387 e. The van der Waals surface area contributed by atoms with E-state index < -0.39 is 16.1 Å². The lowest BCUT2D eigenvalue weighted by Gasteiger charge is -2.15. The van der Waals surface area contributed by atoms with Crippen LogP contribution in [0.4, 0.5) is 0 Å². The van der Waals surface area contributed by atoms with E-state index in [1.54, 1.807) is 30.3 Å². The first-order chi connectivity index (χ1) is 12.0. The highest BCUT2D eigenvalue weighted by atomic mass is 35.5. The highest BCUT2D eigenvalue weighted by molar-refractivity contribution is 7.88. The summed E-state index contributed by atoms with van der Waals surface area (Å²) in [5.41, 5.74) is 1.22. The van der Waals surface area contributed by atoms with Crippen molar-refractivity contribution in [3.05, 3.63) is 82.9 Å². The Morgan fingerprint density at radius 3 is 2.44 bits per heavy atom. The number of aliphatic hydroxyl groups is 1. The fourth-order valence-electron chi connectivity index (χ4n) is 2.73. The van der Waals surface area contributed by atoms with E-state index in [0.29, 0.717) is 16.1 Å². The van der Waals surface area contributed by atoms with E-state index in [4.69, 9.17) is 11.6 Å². The molecule has 0 spiro atoms. The predicted octanol–water partition coefficient (Wildman–Crippen LogP) is 3.65. The Balaban J connectivity index is 1.73. The predicted molar refractivity (Wildman–Crippen MR) is 101 cm³/mol. The number of halogens is 1. The Labute approximate surface area is 152 Å². The third-order valence-electron chi connectivity index (χ3n) is 3.98. The lowest BCUT2D eigenvalue weighted by Crippen LogP contribution is -2.29. The molecule has 3 aromatic carbocycles. The van der Waals surface area contributed by atoms with Crippen LogP contribution in [0.3, 0.4) is 0 Å². The van der Waals surface area contributed by atoms with Crippen molar-refractivity contribution in [2.45, 2.75) is 11.9 Å². The van der Waals surface area contributed by atoms with Gasteiger partial charge < -0.3 is 5.11 Å². The number of benzene rings is 3. The molecule has 0 fully saturated rings. The molecule has 0 aliphatic rings. The summed E-state index contributed by atoms with van der Waals surface area (Å²) in [6.45, 7) is -0.0964. The second-order valence-corrected chi connectivity index (χ2v) is 8.00. The summed E-state index contributed by atoms with van der Waals surface area (Å²) in [6, 6.07) is 20.1. The second-order valence-electron chi connectivity index (χ2n) is 5.78. The molecule has 0 radical (unpaired) electrons. The van der Waals surface area contributed by atoms with Gasteiger partial charge in [-0.3, -0.25) is 0 Å². The van der Waals surface area contributed by atoms with Gasteiger partial charge in [0.1, 0.15) is 0 Å². The van der Waals surface area contributed by atoms with Gasteiger partial charge in [-0.25, -0.2) is 13.1 Å². The van der Waals surface area contributed by atoms with E-state index in [2.05, 4.69) is 4.72 Å². The van der Waals surface area contributed by atoms with Crippen molar-refractivity contribution in [3.8, 4) is 0 Å². The van der Waals surface area contributed by atoms with E-state index >= 15 is 0 Å². The van der Waals surface area contributed by atoms with Gasteiger partial charge in [0, 0.05) is 11.6 Å². The number of rotatable bonds is 6. The van der Waals surface area contributed by atoms with Gasteiger partial charge in [-0.2, -0.15) is 0 Å². The standard InChI is InChI=1S/C19H18ClNO3S/c20-18-11-4-2-7-15(18)13-25(23,24)21-12-19(22)17-10-5-8-14-6-1-3-9-16(14)17/h1-11,19,21-22H,12-13H2/t19-/m1/s1. The summed E-state index contributed by atoms with van der Waals surface area (Å²) in [7, 11) is -3.61. The molecule has 0 aromatic heterocycles. The fourth-order valence-corrected chi connectivity index (χ4v) is 4.18. The first kappa shape index (κ1) is 17.9. The zero-order chi connectivity index (χ0) is 17.9. The molecule has 6 heteroatoms. The topological polar surface area (TPSA) is 66.4 Å². The van der Waals surface area contributed by atoms with E-state index in [1.165, 1.54) is 0 Å². The highest BCUT2D eigenvalue weighted by Gasteiger charge is 2.17. The van der Waals surface area contributed by atoms with Crippen molar-refractivity contribution in [1.29, 1.82) is 0 Å². The minimum absolute atomic E-state index is 0.0964. The molecule has 0 saturated carbocycles. The summed E-state index contributed by atoms with van der Waals surface area (Å²) in [6.07, 6.45) is -0.938. The lowest BCUT2D eigenvalue weighted by atomic mass is 10.0. The van der Waals surface area contributed by atoms with Crippen LogP contribution in [0, 0.1) is 0 Å². The molecule has 1 atom stereocenters. The van der Waals surface area contributed by atoms with Gasteiger partial charge >= 0.3 is 0 Å². The number of nitrogens with one attached hydrogen (secondary N) is 1. The normalized spacial score (nSPS) is 13.0. The Morgan fingerprint density at radius 2 is 1.64 bits per heavy atom. The molecule has 25 heavy (non-hydrogen) atoms. The molecule has 2 N–H and O–H groups in total. The Hall–Kier alpha value is -1.92. The highest BCUT2D eigenvalue weighted by Crippen LogP contribution is 2.24. The quantitative estimate of drug-likeness (QED) is 0.691. The summed E-state index contributed by atoms with van der Waals surface area (Å²) in [5, 5.41) is 12.8. The number of fused-ring (bicyclic) bond motifs is 1. The maximum atomic E-state index is 12.3. The van der Waals surface area contributed by atoms with Crippen molar-refractivity contribution < 1.29 is 13.5 Å². The molecular weight excluding hydrogens is 358 g/mol. The number of aliphatic hydroxyl groups excluding tert-OH is 1. The number of hydrogen-bond acceptors (Lipinski definition) is 3. The molecular formula is C19H18ClNO3S. The molecule has 3 aromatic rings. The fraction of sp³-hybridized carbons (Fsp3) is 0.158. The zero-order valence-corrected chi connectivity index (χ0v) is 15.0. The van der Waals surface area contributed by atoms with Crippen molar-refractivity contribution in [2.75, 3.05) is 6.54 Å². The van der Waals surface area contributed by atoms with Crippen LogP contribution in [-0.4, -0.2) is 20.1 Å². The lowest BCUT2D eigenvalue weighted by molar-refractivity contribution is 0.183. The van der Waals surface area contributed by atoms with Crippen LogP contribution < -0.4 is 4.72 Å². The maximum Gasteiger partial charge on any atom is 0.215 e. The van der Waals surface area contributed by atoms with E-state index in [9.17, 15) is 13.5 Å². The van der Waals surface area contributed by atoms with Crippen molar-refractivity contribution >= 4 is 32.4 Å². The molecule has 0 saturated heterocycles. The Morgan fingerprint density at radius 1 is 0.960 bits per heavy atom. The SMILES string of the molecule is O=S(=O)(Cc1ccccc1Cl)NC[C@@H](O)c1cccc2ccccc12. The number of hydrogen-bond donors (Lipinski definition) is 2. The van der Waals surface area contributed by atoms with Crippen LogP contribution in [0.1, 0.15) is 17.2 Å². The van der Waals surface area contributed by atoms with Crippen molar-refractivity contribution in [3.63, 3.8) is 0 Å². The molecule has 0 amide bonds. The summed E-state index contributed by atoms with van der Waals surface area (Å²) < 4.78 is 27.0. The van der Waals surface area contributed by atoms with Crippen LogP contribution in [0.15, 0.2) is 66.7 Å². The van der Waals surface area contributed by atoms with Gasteiger partial charge in [0.25, 0.3) is 0 Å². The summed E-state index contributed by atoms with van der Waals surface area (Å²) in [4.78, 5) is 0. The number of sulfonamides is 1. The monoisotopic (exact) mass is 375 g/mol. The van der Waals surface area contributed by atoms with Crippen LogP contribution in [0.25, 0.3) is 10.8 Å². The molecule has 0 aliphatic heterocycles. The van der Waals surface area contributed by atoms with Crippen LogP contribution in [-0.2, 0) is 15.8 Å². The largest absolute Gasteiger partial charge is 0.387 e. The van der Waals surface area contributed by atoms with Gasteiger partial charge in [-0.15, -0.1) is 0 Å². The van der Waals surface area contributed by atoms with E-state index in [1.807, 2.05) is 36.4 Å². The third-order valence-corrected chi connectivity index (χ3v) is 5.65. The average Bonchev–Trinajstić information content (AvgIpc) is 2.61. The van der Waals surface area contributed by atoms with Crippen molar-refractivity contribution in [1.82, 2.24) is 4.72 Å². The van der Waals surface area contributed by atoms with E-state index in [-0.39, 0.29) is 12.3 Å². The van der Waals surface area contributed by atoms with Crippen LogP contribution in [0.2, 0.25) is 5.02 Å². The van der Waals surface area contributed by atoms with Gasteiger partial charge in [0.05, 0.1) is 11.9 Å². The molecule has 4 nitrogen and oxygen atoms in total. The summed E-state index contributed by atoms with van der Waals surface area (Å²) >= 11 is 6.01. The molecule has 130 valence electrons. The maximum absolute atomic E-state index is 12.3. The molecule has 0 bridgehead atoms. The minimum atomic E-state index is -3.61. The smallest absolute Gasteiger partial charge is 0.215 e. The third kappa shape index (κ3) is 4.38. The molecule has 0 unspecified atom stereocenters. The molecule has 3 rings (SSSR count). The zero-order valence-electron chi connectivity index (χ0n) is 13.4.